The first-order chi connectivity index (χ1) is 6.11. The second-order valence-electron chi connectivity index (χ2n) is 2.89. The smallest absolute Gasteiger partial charge is 0.133 e. The zero-order valence-electron chi connectivity index (χ0n) is 7.14. The molecule has 0 amide bonds. The van der Waals surface area contributed by atoms with Crippen LogP contribution in [0.3, 0.4) is 0 Å². The summed E-state index contributed by atoms with van der Waals surface area (Å²) in [5.74, 6) is 0. The zero-order valence-corrected chi connectivity index (χ0v) is 10.6. The van der Waals surface area contributed by atoms with E-state index in [1.165, 1.54) is 0 Å². The van der Waals surface area contributed by atoms with Gasteiger partial charge in [-0.1, -0.05) is 24.4 Å². The van der Waals surface area contributed by atoms with Crippen molar-refractivity contribution in [2.75, 3.05) is 26.2 Å². The number of rotatable bonds is 0. The average molecular weight is 252 g/mol. The summed E-state index contributed by atoms with van der Waals surface area (Å²) in [6.45, 7) is 3.72. The molecule has 13 heavy (non-hydrogen) atoms. The van der Waals surface area contributed by atoms with Gasteiger partial charge in [0.05, 0.1) is 0 Å². The molecule has 1 heterocycles. The first-order valence-corrected chi connectivity index (χ1v) is 5.78. The van der Waals surface area contributed by atoms with Crippen molar-refractivity contribution in [1.82, 2.24) is 9.80 Å². The molecule has 0 aromatic carbocycles. The highest BCUT2D eigenvalue weighted by Gasteiger charge is 2.15. The lowest BCUT2D eigenvalue weighted by Gasteiger charge is -2.21. The lowest BCUT2D eigenvalue weighted by Crippen LogP contribution is -2.33. The third kappa shape index (κ3) is 3.61. The van der Waals surface area contributed by atoms with Crippen LogP contribution in [0.5, 0.6) is 0 Å². The molecule has 0 spiro atoms. The van der Waals surface area contributed by atoms with Crippen LogP contribution in [0.2, 0.25) is 0 Å². The number of hydrogen-bond acceptors (Lipinski definition) is 2. The van der Waals surface area contributed by atoms with Crippen molar-refractivity contribution < 1.29 is 0 Å². The summed E-state index contributed by atoms with van der Waals surface area (Å²) in [5, 5.41) is 0. The predicted molar refractivity (Wildman–Crippen MR) is 70.9 cm³/mol. The molecule has 1 aliphatic heterocycles. The van der Waals surface area contributed by atoms with Crippen LogP contribution in [0.15, 0.2) is 0 Å². The molecule has 0 atom stereocenters. The third-order valence-corrected chi connectivity index (χ3v) is 3.12. The summed E-state index contributed by atoms with van der Waals surface area (Å²) in [7, 11) is 0. The van der Waals surface area contributed by atoms with Crippen molar-refractivity contribution >= 4 is 58.3 Å². The molecule has 74 valence electrons. The predicted octanol–water partition coefficient (Wildman–Crippen LogP) is 1.42. The van der Waals surface area contributed by atoms with Gasteiger partial charge in [0, 0.05) is 26.2 Å². The summed E-state index contributed by atoms with van der Waals surface area (Å²) in [4.78, 5) is 4.18. The van der Waals surface area contributed by atoms with Crippen LogP contribution in [0, 0.1) is 0 Å². The van der Waals surface area contributed by atoms with Gasteiger partial charge in [-0.25, -0.2) is 0 Å². The number of thiocarbonyl (C=S) groups is 2. The van der Waals surface area contributed by atoms with Crippen LogP contribution in [0.4, 0.5) is 0 Å². The fraction of sp³-hybridized carbons (Fsp3) is 0.714. The monoisotopic (exact) mass is 252 g/mol. The van der Waals surface area contributed by atoms with Crippen molar-refractivity contribution in [3.8, 4) is 0 Å². The first-order valence-electron chi connectivity index (χ1n) is 4.07. The molecule has 0 aromatic heterocycles. The van der Waals surface area contributed by atoms with E-state index < -0.39 is 0 Å². The van der Waals surface area contributed by atoms with E-state index in [9.17, 15) is 0 Å². The lowest BCUT2D eigenvalue weighted by atomic mass is 10.4. The van der Waals surface area contributed by atoms with Gasteiger partial charge in [-0.2, -0.15) is 0 Å². The minimum Gasteiger partial charge on any atom is -0.356 e. The lowest BCUT2D eigenvalue weighted by molar-refractivity contribution is 0.427. The zero-order chi connectivity index (χ0) is 9.84. The minimum atomic E-state index is 0.673. The molecular weight excluding hydrogens is 240 g/mol. The van der Waals surface area contributed by atoms with Crippen LogP contribution in [-0.4, -0.2) is 44.6 Å². The van der Waals surface area contributed by atoms with Crippen LogP contribution in [-0.2, 0) is 0 Å². The van der Waals surface area contributed by atoms with Crippen molar-refractivity contribution in [3.05, 3.63) is 0 Å². The van der Waals surface area contributed by atoms with Gasteiger partial charge in [-0.05, 0) is 6.42 Å². The van der Waals surface area contributed by atoms with E-state index in [1.807, 2.05) is 0 Å². The van der Waals surface area contributed by atoms with Gasteiger partial charge in [-0.15, -0.1) is 25.3 Å². The van der Waals surface area contributed by atoms with E-state index in [0.717, 1.165) is 32.6 Å². The Morgan fingerprint density at radius 3 is 1.54 bits per heavy atom. The van der Waals surface area contributed by atoms with Crippen LogP contribution in [0.25, 0.3) is 0 Å². The molecule has 0 aliphatic carbocycles. The summed E-state index contributed by atoms with van der Waals surface area (Å²) >= 11 is 18.3. The van der Waals surface area contributed by atoms with Crippen LogP contribution >= 0.6 is 49.7 Å². The summed E-state index contributed by atoms with van der Waals surface area (Å²) in [6, 6.07) is 0. The summed E-state index contributed by atoms with van der Waals surface area (Å²) in [5.41, 5.74) is 0. The number of thiol groups is 2. The summed E-state index contributed by atoms with van der Waals surface area (Å²) < 4.78 is 1.35. The fourth-order valence-corrected chi connectivity index (χ4v) is 2.07. The van der Waals surface area contributed by atoms with Gasteiger partial charge in [-0.3, -0.25) is 0 Å². The molecule has 6 heteroatoms. The molecule has 0 N–H and O–H groups in total. The van der Waals surface area contributed by atoms with Gasteiger partial charge in [0.2, 0.25) is 0 Å². The molecular formula is C7H12N2S4. The Bertz CT molecular complexity index is 197. The Labute approximate surface area is 100 Å². The molecule has 0 unspecified atom stereocenters. The molecule has 2 nitrogen and oxygen atoms in total. The summed E-state index contributed by atoms with van der Waals surface area (Å²) in [6.07, 6.45) is 1.06. The maximum absolute atomic E-state index is 5.00. The maximum atomic E-state index is 5.00. The molecule has 1 fully saturated rings. The molecule has 0 bridgehead atoms. The number of nitrogens with zero attached hydrogens (tertiary/aromatic N) is 2. The highest BCUT2D eigenvalue weighted by molar-refractivity contribution is 8.11. The largest absolute Gasteiger partial charge is 0.356 e. The Morgan fingerprint density at radius 2 is 1.23 bits per heavy atom. The van der Waals surface area contributed by atoms with Gasteiger partial charge >= 0.3 is 0 Å². The molecule has 1 saturated heterocycles. The first kappa shape index (κ1) is 11.6. The van der Waals surface area contributed by atoms with E-state index >= 15 is 0 Å². The molecule has 0 aromatic rings. The Hall–Kier alpha value is 0.480. The van der Waals surface area contributed by atoms with Crippen molar-refractivity contribution in [2.24, 2.45) is 0 Å². The van der Waals surface area contributed by atoms with Crippen molar-refractivity contribution in [2.45, 2.75) is 6.42 Å². The molecule has 1 rings (SSSR count). The Morgan fingerprint density at radius 1 is 0.846 bits per heavy atom. The second-order valence-corrected chi connectivity index (χ2v) is 5.12. The normalized spacial score (nSPS) is 18.3. The SMILES string of the molecule is S=C(S)N1CCCN(C(=S)S)CC1. The maximum Gasteiger partial charge on any atom is 0.133 e. The number of hydrogen-bond donors (Lipinski definition) is 2. The van der Waals surface area contributed by atoms with Crippen LogP contribution in [0.1, 0.15) is 6.42 Å². The Balaban J connectivity index is 2.48. The minimum absolute atomic E-state index is 0.673. The van der Waals surface area contributed by atoms with E-state index in [4.69, 9.17) is 24.4 Å². The van der Waals surface area contributed by atoms with Gasteiger partial charge in [0.1, 0.15) is 8.64 Å². The van der Waals surface area contributed by atoms with E-state index in [2.05, 4.69) is 35.1 Å². The Kier molecular flexibility index (Phi) is 4.78. The van der Waals surface area contributed by atoms with Gasteiger partial charge < -0.3 is 9.80 Å². The molecule has 1 aliphatic rings. The van der Waals surface area contributed by atoms with Crippen molar-refractivity contribution in [1.29, 1.82) is 0 Å². The average Bonchev–Trinajstić information content (AvgIpc) is 2.27. The van der Waals surface area contributed by atoms with Gasteiger partial charge in [0.15, 0.2) is 0 Å². The van der Waals surface area contributed by atoms with Crippen molar-refractivity contribution in [3.63, 3.8) is 0 Å². The quantitative estimate of drug-likeness (QED) is 0.497. The van der Waals surface area contributed by atoms with E-state index in [-0.39, 0.29) is 0 Å². The third-order valence-electron chi connectivity index (χ3n) is 2.04. The standard InChI is InChI=1S/C7H12N2S4/c10-6(11)8-2-1-3-9(5-4-8)7(12)13/h1-5H2,(H,10,11)(H,12,13). The van der Waals surface area contributed by atoms with E-state index in [0.29, 0.717) is 8.64 Å². The molecule has 0 saturated carbocycles. The van der Waals surface area contributed by atoms with E-state index in [1.54, 1.807) is 0 Å². The second kappa shape index (κ2) is 5.38. The molecule has 0 radical (unpaired) electrons. The van der Waals surface area contributed by atoms with Gasteiger partial charge in [0.25, 0.3) is 0 Å². The highest BCUT2D eigenvalue weighted by atomic mass is 32.1. The van der Waals surface area contributed by atoms with Crippen LogP contribution < -0.4 is 0 Å². The highest BCUT2D eigenvalue weighted by Crippen LogP contribution is 2.07. The fourth-order valence-electron chi connectivity index (χ4n) is 1.30. The topological polar surface area (TPSA) is 6.48 Å².